The number of rotatable bonds is 7. The second kappa shape index (κ2) is 16.3. The van der Waals surface area contributed by atoms with Crippen LogP contribution in [0.1, 0.15) is 52.4 Å². The van der Waals surface area contributed by atoms with Crippen LogP contribution in [0.25, 0.3) is 0 Å². The molecule has 0 saturated carbocycles. The molecular weight excluding hydrogens is 196 g/mol. The van der Waals surface area contributed by atoms with E-state index in [4.69, 9.17) is 11.8 Å². The van der Waals surface area contributed by atoms with Crippen molar-refractivity contribution in [2.45, 2.75) is 52.4 Å². The van der Waals surface area contributed by atoms with Gasteiger partial charge in [-0.15, -0.1) is 12.3 Å². The van der Waals surface area contributed by atoms with Crippen molar-refractivity contribution in [2.75, 3.05) is 7.05 Å². The van der Waals surface area contributed by atoms with Crippen LogP contribution in [0.2, 0.25) is 0 Å². The molecule has 0 aromatic carbocycles. The molecule has 0 heterocycles. The van der Waals surface area contributed by atoms with Crippen LogP contribution in [0.3, 0.4) is 0 Å². The van der Waals surface area contributed by atoms with Gasteiger partial charge >= 0.3 is 0 Å². The third-order valence-electron chi connectivity index (χ3n) is 2.27. The van der Waals surface area contributed by atoms with E-state index in [1.165, 1.54) is 44.7 Å². The summed E-state index contributed by atoms with van der Waals surface area (Å²) in [6, 6.07) is 0. The van der Waals surface area contributed by atoms with Gasteiger partial charge in [0.25, 0.3) is 0 Å². The first-order valence-corrected chi connectivity index (χ1v) is 6.14. The summed E-state index contributed by atoms with van der Waals surface area (Å²) in [4.78, 5) is 3.49. The van der Waals surface area contributed by atoms with Crippen molar-refractivity contribution < 1.29 is 0 Å². The lowest BCUT2D eigenvalue weighted by Crippen LogP contribution is -1.96. The van der Waals surface area contributed by atoms with E-state index in [-0.39, 0.29) is 0 Å². The number of terminal acetylenes is 1. The summed E-state index contributed by atoms with van der Waals surface area (Å²) < 4.78 is 0. The fourth-order valence-electron chi connectivity index (χ4n) is 1.29. The van der Waals surface area contributed by atoms with E-state index in [9.17, 15) is 0 Å². The minimum absolute atomic E-state index is 0.551. The summed E-state index contributed by atoms with van der Waals surface area (Å²) >= 11 is 0. The van der Waals surface area contributed by atoms with Crippen LogP contribution in [-0.4, -0.2) is 19.5 Å². The molecule has 0 spiro atoms. The fraction of sp³-hybridized carbons (Fsp3) is 0.714. The first-order valence-electron chi connectivity index (χ1n) is 6.14. The van der Waals surface area contributed by atoms with Crippen molar-refractivity contribution in [3.05, 3.63) is 0 Å². The zero-order chi connectivity index (χ0) is 12.6. The molecule has 0 bridgehead atoms. The monoisotopic (exact) mass is 222 g/mol. The van der Waals surface area contributed by atoms with E-state index in [0.29, 0.717) is 5.92 Å². The van der Waals surface area contributed by atoms with E-state index in [0.717, 1.165) is 6.21 Å². The molecule has 92 valence electrons. The number of unbranched alkanes of at least 4 members (excludes halogenated alkanes) is 2. The summed E-state index contributed by atoms with van der Waals surface area (Å²) in [7, 11) is 1.63. The van der Waals surface area contributed by atoms with Gasteiger partial charge in [0.2, 0.25) is 0 Å². The van der Waals surface area contributed by atoms with Crippen molar-refractivity contribution in [2.24, 2.45) is 10.9 Å². The summed E-state index contributed by atoms with van der Waals surface area (Å²) in [6.45, 7) is 4.43. The molecule has 0 fully saturated rings. The van der Waals surface area contributed by atoms with Crippen molar-refractivity contribution >= 4 is 12.4 Å². The van der Waals surface area contributed by atoms with E-state index in [1.54, 1.807) is 7.05 Å². The predicted molar refractivity (Wildman–Crippen MR) is 74.6 cm³/mol. The van der Waals surface area contributed by atoms with Crippen LogP contribution in [-0.2, 0) is 0 Å². The Morgan fingerprint density at radius 3 is 1.94 bits per heavy atom. The lowest BCUT2D eigenvalue weighted by molar-refractivity contribution is 0.511. The maximum Gasteiger partial charge on any atom is 0.0384 e. The Balaban J connectivity index is 0. The molecule has 0 rings (SSSR count). The predicted octanol–water partition coefficient (Wildman–Crippen LogP) is 3.95. The van der Waals surface area contributed by atoms with Crippen LogP contribution in [0.5, 0.6) is 0 Å². The zero-order valence-corrected chi connectivity index (χ0v) is 11.0. The Morgan fingerprint density at radius 2 is 1.75 bits per heavy atom. The number of nitrogens with zero attached hydrogens (tertiary/aromatic N) is 1. The molecule has 0 aliphatic carbocycles. The van der Waals surface area contributed by atoms with Crippen molar-refractivity contribution in [1.82, 2.24) is 0 Å². The standard InChI is InChI=1S/C11H20.C3H6N2/c1-4-7-9-11(6-3)10-8-5-2;1-5-3-2-4/h3,11H,4-5,7-10H2,1-2H3;2-4H,1H3. The van der Waals surface area contributed by atoms with Gasteiger partial charge in [0, 0.05) is 25.4 Å². The Labute approximate surface area is 101 Å². The highest BCUT2D eigenvalue weighted by Crippen LogP contribution is 2.14. The molecule has 0 aromatic rings. The van der Waals surface area contributed by atoms with Gasteiger partial charge in [0.1, 0.15) is 0 Å². The van der Waals surface area contributed by atoms with Crippen molar-refractivity contribution in [1.29, 1.82) is 5.41 Å². The molecule has 1 N–H and O–H groups in total. The van der Waals surface area contributed by atoms with Crippen molar-refractivity contribution in [3.63, 3.8) is 0 Å². The topological polar surface area (TPSA) is 36.2 Å². The van der Waals surface area contributed by atoms with Gasteiger partial charge in [-0.05, 0) is 12.8 Å². The number of hydrogen-bond acceptors (Lipinski definition) is 2. The smallest absolute Gasteiger partial charge is 0.0384 e. The van der Waals surface area contributed by atoms with Crippen molar-refractivity contribution in [3.8, 4) is 12.3 Å². The Hall–Kier alpha value is -1.10. The van der Waals surface area contributed by atoms with Gasteiger partial charge in [0.05, 0.1) is 0 Å². The van der Waals surface area contributed by atoms with Gasteiger partial charge in [-0.2, -0.15) is 0 Å². The number of nitrogens with one attached hydrogen (secondary N) is 1. The largest absolute Gasteiger partial charge is 0.307 e. The molecule has 0 amide bonds. The second-order valence-electron chi connectivity index (χ2n) is 3.72. The van der Waals surface area contributed by atoms with E-state index >= 15 is 0 Å². The molecule has 0 unspecified atom stereocenters. The first-order chi connectivity index (χ1) is 7.76. The Bertz CT molecular complexity index is 193. The maximum atomic E-state index is 6.33. The molecule has 2 nitrogen and oxygen atoms in total. The molecule has 0 aromatic heterocycles. The van der Waals surface area contributed by atoms with E-state index in [1.807, 2.05) is 0 Å². The van der Waals surface area contributed by atoms with E-state index < -0.39 is 0 Å². The number of hydrogen-bond donors (Lipinski definition) is 1. The van der Waals surface area contributed by atoms with Gasteiger partial charge in [-0.25, -0.2) is 0 Å². The average Bonchev–Trinajstić information content (AvgIpc) is 2.31. The third kappa shape index (κ3) is 15.4. The van der Waals surface area contributed by atoms with Gasteiger partial charge in [-0.3, -0.25) is 4.99 Å². The summed E-state index contributed by atoms with van der Waals surface area (Å²) in [5.41, 5.74) is 0. The van der Waals surface area contributed by atoms with Crippen LogP contribution in [0, 0.1) is 23.7 Å². The van der Waals surface area contributed by atoms with Gasteiger partial charge in [-0.1, -0.05) is 39.5 Å². The maximum absolute atomic E-state index is 6.33. The summed E-state index contributed by atoms with van der Waals surface area (Å²) in [5.74, 6) is 3.42. The molecule has 2 heteroatoms. The second-order valence-corrected chi connectivity index (χ2v) is 3.72. The minimum Gasteiger partial charge on any atom is -0.307 e. The van der Waals surface area contributed by atoms with Crippen LogP contribution >= 0.6 is 0 Å². The first kappa shape index (κ1) is 17.3. The normalized spacial score (nSPS) is 9.69. The molecule has 16 heavy (non-hydrogen) atoms. The van der Waals surface area contributed by atoms with Crippen LogP contribution in [0.4, 0.5) is 0 Å². The lowest BCUT2D eigenvalue weighted by Gasteiger charge is -2.07. The fourth-order valence-corrected chi connectivity index (χ4v) is 1.29. The molecule has 0 saturated heterocycles. The third-order valence-corrected chi connectivity index (χ3v) is 2.27. The number of aliphatic imine (C=N–C) groups is 1. The van der Waals surface area contributed by atoms with Gasteiger partial charge in [0.15, 0.2) is 0 Å². The SMILES string of the molecule is C#CC(CCCC)CCCC.CN=CC=N. The molecule has 0 aliphatic heterocycles. The average molecular weight is 222 g/mol. The summed E-state index contributed by atoms with van der Waals surface area (Å²) in [6.07, 6.45) is 15.5. The highest BCUT2D eigenvalue weighted by Gasteiger charge is 2.02. The molecular formula is C14H26N2. The van der Waals surface area contributed by atoms with Crippen LogP contribution < -0.4 is 0 Å². The zero-order valence-electron chi connectivity index (χ0n) is 11.0. The lowest BCUT2D eigenvalue weighted by atomic mass is 9.97. The summed E-state index contributed by atoms with van der Waals surface area (Å²) in [5, 5.41) is 6.33. The quantitative estimate of drug-likeness (QED) is 0.500. The highest BCUT2D eigenvalue weighted by atomic mass is 14.6. The molecule has 0 atom stereocenters. The van der Waals surface area contributed by atoms with Gasteiger partial charge < -0.3 is 5.41 Å². The molecule has 0 radical (unpaired) electrons. The highest BCUT2D eigenvalue weighted by molar-refractivity contribution is 6.14. The molecule has 0 aliphatic rings. The minimum atomic E-state index is 0.551. The van der Waals surface area contributed by atoms with Crippen LogP contribution in [0.15, 0.2) is 4.99 Å². The Morgan fingerprint density at radius 1 is 1.25 bits per heavy atom. The van der Waals surface area contributed by atoms with E-state index in [2.05, 4.69) is 24.8 Å². The Kier molecular flexibility index (Phi) is 17.7.